The molecule has 2 aromatic rings. The molecule has 0 N–H and O–H groups in total. The second-order valence-corrected chi connectivity index (χ2v) is 3.91. The smallest absolute Gasteiger partial charge is 0.126 e. The second-order valence-electron chi connectivity index (χ2n) is 3.91. The first kappa shape index (κ1) is 10.7. The fourth-order valence-electron chi connectivity index (χ4n) is 1.67. The highest BCUT2D eigenvalue weighted by Gasteiger charge is 2.04. The zero-order chi connectivity index (χ0) is 11.7. The highest BCUT2D eigenvalue weighted by molar-refractivity contribution is 5.60. The molecule has 1 heterocycles. The van der Waals surface area contributed by atoms with Crippen molar-refractivity contribution in [3.63, 3.8) is 0 Å². The molecule has 0 unspecified atom stereocenters. The Morgan fingerprint density at radius 1 is 1.00 bits per heavy atom. The fraction of sp³-hybridized carbons (Fsp3) is 0.231. The number of halogens is 1. The molecule has 0 saturated heterocycles. The molecule has 0 amide bonds. The standard InChI is InChI=1S/C13H13FN2/c1-8-6-11(4-5-12(8)14)13-7-9(2)15-10(3)16-13/h4-7H,1-3H3. The van der Waals surface area contributed by atoms with Crippen LogP contribution in [0.5, 0.6) is 0 Å². The first-order valence-electron chi connectivity index (χ1n) is 5.15. The van der Waals surface area contributed by atoms with E-state index in [4.69, 9.17) is 0 Å². The third-order valence-corrected chi connectivity index (χ3v) is 2.42. The van der Waals surface area contributed by atoms with Gasteiger partial charge in [-0.1, -0.05) is 0 Å². The average Bonchev–Trinajstić information content (AvgIpc) is 2.20. The summed E-state index contributed by atoms with van der Waals surface area (Å²) in [5.74, 6) is 0.545. The van der Waals surface area contributed by atoms with E-state index in [1.54, 1.807) is 19.1 Å². The molecule has 0 fully saturated rings. The zero-order valence-corrected chi connectivity index (χ0v) is 9.58. The van der Waals surface area contributed by atoms with Gasteiger partial charge in [-0.15, -0.1) is 0 Å². The molecule has 0 atom stereocenters. The van der Waals surface area contributed by atoms with E-state index in [0.717, 1.165) is 22.8 Å². The van der Waals surface area contributed by atoms with E-state index in [1.165, 1.54) is 6.07 Å². The van der Waals surface area contributed by atoms with Gasteiger partial charge in [0.15, 0.2) is 0 Å². The molecule has 0 aliphatic heterocycles. The molecule has 0 bridgehead atoms. The van der Waals surface area contributed by atoms with Crippen molar-refractivity contribution in [1.82, 2.24) is 9.97 Å². The molecular formula is C13H13FN2. The maximum Gasteiger partial charge on any atom is 0.126 e. The molecule has 1 aromatic carbocycles. The number of rotatable bonds is 1. The minimum Gasteiger partial charge on any atom is -0.239 e. The van der Waals surface area contributed by atoms with Crippen LogP contribution in [-0.2, 0) is 0 Å². The topological polar surface area (TPSA) is 25.8 Å². The molecular weight excluding hydrogens is 203 g/mol. The van der Waals surface area contributed by atoms with E-state index < -0.39 is 0 Å². The summed E-state index contributed by atoms with van der Waals surface area (Å²) in [4.78, 5) is 8.56. The van der Waals surface area contributed by atoms with Crippen LogP contribution in [0.2, 0.25) is 0 Å². The largest absolute Gasteiger partial charge is 0.239 e. The normalized spacial score (nSPS) is 10.5. The Hall–Kier alpha value is -1.77. The number of aromatic nitrogens is 2. The summed E-state index contributed by atoms with van der Waals surface area (Å²) in [6.45, 7) is 5.53. The van der Waals surface area contributed by atoms with Crippen LogP contribution >= 0.6 is 0 Å². The lowest BCUT2D eigenvalue weighted by molar-refractivity contribution is 0.619. The number of aryl methyl sites for hydroxylation is 3. The Labute approximate surface area is 94.2 Å². The van der Waals surface area contributed by atoms with E-state index in [0.29, 0.717) is 5.56 Å². The van der Waals surface area contributed by atoms with Gasteiger partial charge in [0.05, 0.1) is 5.69 Å². The molecule has 0 spiro atoms. The summed E-state index contributed by atoms with van der Waals surface area (Å²) in [5, 5.41) is 0. The van der Waals surface area contributed by atoms with Crippen LogP contribution in [0.1, 0.15) is 17.1 Å². The van der Waals surface area contributed by atoms with Crippen molar-refractivity contribution in [2.24, 2.45) is 0 Å². The molecule has 2 nitrogen and oxygen atoms in total. The van der Waals surface area contributed by atoms with Crippen molar-refractivity contribution in [3.05, 3.63) is 47.2 Å². The Morgan fingerprint density at radius 3 is 2.38 bits per heavy atom. The van der Waals surface area contributed by atoms with Crippen molar-refractivity contribution in [2.75, 3.05) is 0 Å². The first-order valence-corrected chi connectivity index (χ1v) is 5.15. The molecule has 0 aliphatic rings. The molecule has 0 aliphatic carbocycles. The Bertz CT molecular complexity index is 515. The third kappa shape index (κ3) is 2.08. The summed E-state index contributed by atoms with van der Waals surface area (Å²) in [6.07, 6.45) is 0. The molecule has 0 radical (unpaired) electrons. The van der Waals surface area contributed by atoms with Crippen LogP contribution in [0.15, 0.2) is 24.3 Å². The third-order valence-electron chi connectivity index (χ3n) is 2.42. The van der Waals surface area contributed by atoms with E-state index >= 15 is 0 Å². The van der Waals surface area contributed by atoms with Crippen molar-refractivity contribution in [2.45, 2.75) is 20.8 Å². The van der Waals surface area contributed by atoms with Crippen LogP contribution < -0.4 is 0 Å². The van der Waals surface area contributed by atoms with Gasteiger partial charge in [0.2, 0.25) is 0 Å². The van der Waals surface area contributed by atoms with E-state index in [9.17, 15) is 4.39 Å². The minimum absolute atomic E-state index is 0.189. The van der Waals surface area contributed by atoms with E-state index in [-0.39, 0.29) is 5.82 Å². The zero-order valence-electron chi connectivity index (χ0n) is 9.58. The van der Waals surface area contributed by atoms with Gasteiger partial charge >= 0.3 is 0 Å². The molecule has 16 heavy (non-hydrogen) atoms. The molecule has 2 rings (SSSR count). The van der Waals surface area contributed by atoms with Crippen LogP contribution in [-0.4, -0.2) is 9.97 Å². The number of nitrogens with zero attached hydrogens (tertiary/aromatic N) is 2. The van der Waals surface area contributed by atoms with Gasteiger partial charge in [-0.05, 0) is 50.6 Å². The number of hydrogen-bond donors (Lipinski definition) is 0. The lowest BCUT2D eigenvalue weighted by Crippen LogP contribution is -1.94. The maximum absolute atomic E-state index is 13.1. The van der Waals surface area contributed by atoms with Crippen LogP contribution in [0, 0.1) is 26.6 Å². The summed E-state index contributed by atoms with van der Waals surface area (Å²) >= 11 is 0. The highest BCUT2D eigenvalue weighted by Crippen LogP contribution is 2.20. The molecule has 82 valence electrons. The van der Waals surface area contributed by atoms with Crippen LogP contribution in [0.3, 0.4) is 0 Å². The SMILES string of the molecule is Cc1cc(-c2ccc(F)c(C)c2)nc(C)n1. The molecule has 3 heteroatoms. The van der Waals surface area contributed by atoms with Gasteiger partial charge in [-0.3, -0.25) is 0 Å². The Kier molecular flexibility index (Phi) is 2.69. The summed E-state index contributed by atoms with van der Waals surface area (Å²) < 4.78 is 13.1. The van der Waals surface area contributed by atoms with Gasteiger partial charge in [0.25, 0.3) is 0 Å². The summed E-state index contributed by atoms with van der Waals surface area (Å²) in [7, 11) is 0. The minimum atomic E-state index is -0.189. The fourth-order valence-corrected chi connectivity index (χ4v) is 1.67. The average molecular weight is 216 g/mol. The Morgan fingerprint density at radius 2 is 1.75 bits per heavy atom. The summed E-state index contributed by atoms with van der Waals surface area (Å²) in [5.41, 5.74) is 3.32. The quantitative estimate of drug-likeness (QED) is 0.731. The number of hydrogen-bond acceptors (Lipinski definition) is 2. The lowest BCUT2D eigenvalue weighted by Gasteiger charge is -2.05. The molecule has 1 aromatic heterocycles. The predicted molar refractivity (Wildman–Crippen MR) is 61.6 cm³/mol. The van der Waals surface area contributed by atoms with Crippen molar-refractivity contribution in [3.8, 4) is 11.3 Å². The summed E-state index contributed by atoms with van der Waals surface area (Å²) in [6, 6.07) is 6.91. The van der Waals surface area contributed by atoms with Crippen molar-refractivity contribution in [1.29, 1.82) is 0 Å². The predicted octanol–water partition coefficient (Wildman–Crippen LogP) is 3.21. The van der Waals surface area contributed by atoms with Crippen molar-refractivity contribution < 1.29 is 4.39 Å². The first-order chi connectivity index (χ1) is 7.56. The maximum atomic E-state index is 13.1. The Balaban J connectivity index is 2.54. The second kappa shape index (κ2) is 4.00. The monoisotopic (exact) mass is 216 g/mol. The van der Waals surface area contributed by atoms with Gasteiger partial charge in [-0.2, -0.15) is 0 Å². The van der Waals surface area contributed by atoms with Crippen LogP contribution in [0.25, 0.3) is 11.3 Å². The van der Waals surface area contributed by atoms with Gasteiger partial charge in [0, 0.05) is 11.3 Å². The number of benzene rings is 1. The van der Waals surface area contributed by atoms with E-state index in [1.807, 2.05) is 19.9 Å². The van der Waals surface area contributed by atoms with E-state index in [2.05, 4.69) is 9.97 Å². The van der Waals surface area contributed by atoms with Crippen molar-refractivity contribution >= 4 is 0 Å². The van der Waals surface area contributed by atoms with Gasteiger partial charge in [0.1, 0.15) is 11.6 Å². The van der Waals surface area contributed by atoms with Gasteiger partial charge in [-0.25, -0.2) is 14.4 Å². The lowest BCUT2D eigenvalue weighted by atomic mass is 10.1. The van der Waals surface area contributed by atoms with Gasteiger partial charge < -0.3 is 0 Å². The molecule has 0 saturated carbocycles. The van der Waals surface area contributed by atoms with Crippen LogP contribution in [0.4, 0.5) is 4.39 Å². The highest BCUT2D eigenvalue weighted by atomic mass is 19.1.